The Bertz CT molecular complexity index is 746. The molecular weight excluding hydrogens is 304 g/mol. The number of hydrogen-bond acceptors (Lipinski definition) is 4. The van der Waals surface area contributed by atoms with Gasteiger partial charge >= 0.3 is 0 Å². The number of hydroxylamine groups is 1. The predicted molar refractivity (Wildman–Crippen MR) is 90.1 cm³/mol. The number of fused-ring (bicyclic) bond motifs is 2. The number of aliphatic imine (C=N–C) groups is 1. The fourth-order valence-electron chi connectivity index (χ4n) is 5.46. The van der Waals surface area contributed by atoms with E-state index in [0.29, 0.717) is 11.8 Å². The van der Waals surface area contributed by atoms with E-state index in [9.17, 15) is 4.79 Å². The van der Waals surface area contributed by atoms with Crippen molar-refractivity contribution < 1.29 is 14.4 Å². The van der Waals surface area contributed by atoms with E-state index in [4.69, 9.17) is 14.6 Å². The molecule has 24 heavy (non-hydrogen) atoms. The average Bonchev–Trinajstić information content (AvgIpc) is 2.96. The molecule has 1 amide bonds. The lowest BCUT2D eigenvalue weighted by molar-refractivity contribution is -0.137. The van der Waals surface area contributed by atoms with E-state index in [2.05, 4.69) is 13.0 Å². The first-order valence-corrected chi connectivity index (χ1v) is 8.87. The van der Waals surface area contributed by atoms with Crippen LogP contribution in [-0.4, -0.2) is 37.5 Å². The van der Waals surface area contributed by atoms with Crippen molar-refractivity contribution in [2.45, 2.75) is 43.7 Å². The number of para-hydroxylation sites is 1. The van der Waals surface area contributed by atoms with E-state index in [0.717, 1.165) is 37.1 Å². The first kappa shape index (κ1) is 14.6. The number of carbonyl (C=O) groups excluding carboxylic acids is 1. The van der Waals surface area contributed by atoms with Crippen LogP contribution in [-0.2, 0) is 19.8 Å². The van der Waals surface area contributed by atoms with Crippen molar-refractivity contribution >= 4 is 17.3 Å². The Labute approximate surface area is 141 Å². The Morgan fingerprint density at radius 3 is 3.04 bits per heavy atom. The Balaban J connectivity index is 1.69. The Kier molecular flexibility index (Phi) is 2.98. The van der Waals surface area contributed by atoms with Crippen LogP contribution in [0.15, 0.2) is 29.3 Å². The number of hydrogen-bond donors (Lipinski definition) is 0. The highest BCUT2D eigenvalue weighted by molar-refractivity contribution is 6.07. The highest BCUT2D eigenvalue weighted by Crippen LogP contribution is 2.56. The van der Waals surface area contributed by atoms with Crippen molar-refractivity contribution in [1.82, 2.24) is 0 Å². The maximum atomic E-state index is 13.4. The smallest absolute Gasteiger partial charge is 0.264 e. The van der Waals surface area contributed by atoms with Gasteiger partial charge in [0.1, 0.15) is 5.41 Å². The molecule has 1 aliphatic carbocycles. The minimum atomic E-state index is -0.649. The van der Waals surface area contributed by atoms with Crippen molar-refractivity contribution in [2.24, 2.45) is 16.8 Å². The van der Waals surface area contributed by atoms with Gasteiger partial charge in [-0.05, 0) is 30.9 Å². The first-order valence-electron chi connectivity index (χ1n) is 8.87. The molecule has 1 saturated carbocycles. The van der Waals surface area contributed by atoms with Gasteiger partial charge in [-0.1, -0.05) is 25.1 Å². The number of anilines is 1. The van der Waals surface area contributed by atoms with E-state index in [1.807, 2.05) is 18.2 Å². The van der Waals surface area contributed by atoms with Gasteiger partial charge in [-0.15, -0.1) is 0 Å². The highest BCUT2D eigenvalue weighted by atomic mass is 16.7. The molecule has 1 aromatic rings. The molecule has 0 radical (unpaired) electrons. The second kappa shape index (κ2) is 4.90. The van der Waals surface area contributed by atoms with Gasteiger partial charge in [-0.2, -0.15) is 5.06 Å². The van der Waals surface area contributed by atoms with Crippen molar-refractivity contribution in [3.63, 3.8) is 0 Å². The summed E-state index contributed by atoms with van der Waals surface area (Å²) >= 11 is 0. The van der Waals surface area contributed by atoms with Gasteiger partial charge in [0.2, 0.25) is 0 Å². The Morgan fingerprint density at radius 1 is 1.42 bits per heavy atom. The van der Waals surface area contributed by atoms with Gasteiger partial charge in [0.05, 0.1) is 31.5 Å². The lowest BCUT2D eigenvalue weighted by Gasteiger charge is -2.38. The summed E-state index contributed by atoms with van der Waals surface area (Å²) in [5, 5.41) is 1.45. The molecule has 3 fully saturated rings. The molecule has 4 aliphatic heterocycles. The SMILES string of the molecule is CCC1=N[C@H]2C[C@@]3(C(=O)N(OC)c4ccccc43)[C@H]3CC1C2CO3. The summed E-state index contributed by atoms with van der Waals surface area (Å²) in [6.45, 7) is 2.90. The number of carbonyl (C=O) groups is 1. The second-order valence-electron chi connectivity index (χ2n) is 7.34. The van der Waals surface area contributed by atoms with Crippen molar-refractivity contribution in [3.8, 4) is 0 Å². The monoisotopic (exact) mass is 326 g/mol. The van der Waals surface area contributed by atoms with Gasteiger partial charge in [0.25, 0.3) is 5.91 Å². The van der Waals surface area contributed by atoms with Gasteiger partial charge in [-0.25, -0.2) is 0 Å². The van der Waals surface area contributed by atoms with Gasteiger partial charge < -0.3 is 4.74 Å². The van der Waals surface area contributed by atoms with Gasteiger partial charge in [0, 0.05) is 17.5 Å². The lowest BCUT2D eigenvalue weighted by atomic mass is 9.71. The van der Waals surface area contributed by atoms with Crippen LogP contribution < -0.4 is 5.06 Å². The van der Waals surface area contributed by atoms with Crippen LogP contribution in [0.25, 0.3) is 0 Å². The lowest BCUT2D eigenvalue weighted by Crippen LogP contribution is -2.51. The zero-order valence-corrected chi connectivity index (χ0v) is 14.1. The van der Waals surface area contributed by atoms with Crippen LogP contribution in [0.5, 0.6) is 0 Å². The first-order chi connectivity index (χ1) is 11.7. The molecule has 5 nitrogen and oxygen atoms in total. The van der Waals surface area contributed by atoms with Gasteiger partial charge in [0.15, 0.2) is 0 Å². The zero-order chi connectivity index (χ0) is 16.5. The summed E-state index contributed by atoms with van der Waals surface area (Å²) in [4.78, 5) is 23.9. The third-order valence-electron chi connectivity index (χ3n) is 6.52. The molecule has 1 spiro atoms. The van der Waals surface area contributed by atoms with E-state index >= 15 is 0 Å². The topological polar surface area (TPSA) is 51.1 Å². The second-order valence-corrected chi connectivity index (χ2v) is 7.34. The average molecular weight is 326 g/mol. The normalized spacial score (nSPS) is 39.3. The molecule has 5 atom stereocenters. The predicted octanol–water partition coefficient (Wildman–Crippen LogP) is 2.49. The summed E-state index contributed by atoms with van der Waals surface area (Å²) in [6.07, 6.45) is 2.55. The minimum absolute atomic E-state index is 0.0117. The third kappa shape index (κ3) is 1.57. The quantitative estimate of drug-likeness (QED) is 0.839. The molecule has 1 aromatic carbocycles. The van der Waals surface area contributed by atoms with Crippen LogP contribution in [0.3, 0.4) is 0 Å². The molecular formula is C19H22N2O3. The fraction of sp³-hybridized carbons (Fsp3) is 0.579. The van der Waals surface area contributed by atoms with Crippen LogP contribution in [0.2, 0.25) is 0 Å². The van der Waals surface area contributed by atoms with Crippen molar-refractivity contribution in [3.05, 3.63) is 29.8 Å². The van der Waals surface area contributed by atoms with E-state index in [-0.39, 0.29) is 18.1 Å². The molecule has 126 valence electrons. The van der Waals surface area contributed by atoms with Crippen molar-refractivity contribution in [2.75, 3.05) is 18.8 Å². The molecule has 5 aliphatic rings. The molecule has 4 heterocycles. The number of amides is 1. The molecule has 6 rings (SSSR count). The standard InChI is InChI=1S/C19H22N2O3/c1-3-14-11-8-17-19(9-15(20-14)12(11)10-24-17)13-6-4-5-7-16(13)21(23-2)18(19)22/h4-7,11-12,15,17H,3,8-10H2,1-2H3/t11?,12?,15-,17+,19-/m0/s1. The van der Waals surface area contributed by atoms with E-state index in [1.165, 1.54) is 10.8 Å². The fourth-order valence-corrected chi connectivity index (χ4v) is 5.46. The largest absolute Gasteiger partial charge is 0.376 e. The van der Waals surface area contributed by atoms with Crippen LogP contribution in [0, 0.1) is 11.8 Å². The van der Waals surface area contributed by atoms with E-state index < -0.39 is 5.41 Å². The molecule has 0 N–H and O–H groups in total. The molecule has 2 saturated heterocycles. The number of rotatable bonds is 2. The van der Waals surface area contributed by atoms with E-state index in [1.54, 1.807) is 7.11 Å². The molecule has 5 heteroatoms. The summed E-state index contributed by atoms with van der Waals surface area (Å²) < 4.78 is 6.26. The van der Waals surface area contributed by atoms with Crippen LogP contribution in [0.1, 0.15) is 31.7 Å². The zero-order valence-electron chi connectivity index (χ0n) is 14.1. The van der Waals surface area contributed by atoms with Crippen LogP contribution in [0.4, 0.5) is 5.69 Å². The number of nitrogens with zero attached hydrogens (tertiary/aromatic N) is 2. The van der Waals surface area contributed by atoms with Gasteiger partial charge in [-0.3, -0.25) is 14.6 Å². The van der Waals surface area contributed by atoms with Crippen molar-refractivity contribution in [1.29, 1.82) is 0 Å². The number of ether oxygens (including phenoxy) is 1. The summed E-state index contributed by atoms with van der Waals surface area (Å²) in [5.74, 6) is 0.930. The molecule has 4 bridgehead atoms. The minimum Gasteiger partial charge on any atom is -0.376 e. The number of benzene rings is 1. The summed E-state index contributed by atoms with van der Waals surface area (Å²) in [5.41, 5.74) is 2.58. The third-order valence-corrected chi connectivity index (χ3v) is 6.52. The summed E-state index contributed by atoms with van der Waals surface area (Å²) in [7, 11) is 1.56. The Hall–Kier alpha value is -1.72. The molecule has 0 aromatic heterocycles. The highest BCUT2D eigenvalue weighted by Gasteiger charge is 2.64. The maximum Gasteiger partial charge on any atom is 0.264 e. The molecule has 2 unspecified atom stereocenters. The maximum absolute atomic E-state index is 13.4. The van der Waals surface area contributed by atoms with Crippen LogP contribution >= 0.6 is 0 Å². The summed E-state index contributed by atoms with van der Waals surface area (Å²) in [6, 6.07) is 8.16. The Morgan fingerprint density at radius 2 is 2.25 bits per heavy atom.